The number of rotatable bonds is 4. The van der Waals surface area contributed by atoms with Crippen LogP contribution in [0.4, 0.5) is 0 Å². The van der Waals surface area contributed by atoms with Gasteiger partial charge in [0.05, 0.1) is 12.0 Å². The Morgan fingerprint density at radius 1 is 1.31 bits per heavy atom. The predicted octanol–water partition coefficient (Wildman–Crippen LogP) is 4.42. The van der Waals surface area contributed by atoms with E-state index in [9.17, 15) is 9.90 Å². The fourth-order valence-electron chi connectivity index (χ4n) is 3.51. The van der Waals surface area contributed by atoms with E-state index in [0.717, 1.165) is 23.6 Å². The van der Waals surface area contributed by atoms with Crippen LogP contribution in [0.2, 0.25) is 0 Å². The quantitative estimate of drug-likeness (QED) is 0.626. The minimum atomic E-state index is 0.0427. The van der Waals surface area contributed by atoms with Crippen molar-refractivity contribution in [3.63, 3.8) is 0 Å². The SMILES string of the molecule is CCN=C1SC(=Cc2ccc(O)c(OC)c2)C(=O)N1C1CCCCCC1. The maximum atomic E-state index is 13.1. The van der Waals surface area contributed by atoms with Crippen molar-refractivity contribution in [3.8, 4) is 11.5 Å². The van der Waals surface area contributed by atoms with Gasteiger partial charge in [0, 0.05) is 12.6 Å². The molecular weight excluding hydrogens is 348 g/mol. The van der Waals surface area contributed by atoms with Crippen LogP contribution in [0, 0.1) is 0 Å². The van der Waals surface area contributed by atoms with Crippen molar-refractivity contribution in [2.24, 2.45) is 4.99 Å². The molecule has 6 heteroatoms. The molecular formula is C20H26N2O3S. The fourth-order valence-corrected chi connectivity index (χ4v) is 4.61. The summed E-state index contributed by atoms with van der Waals surface area (Å²) >= 11 is 1.45. The number of hydrogen-bond donors (Lipinski definition) is 1. The van der Waals surface area contributed by atoms with Crippen LogP contribution in [-0.2, 0) is 4.79 Å². The summed E-state index contributed by atoms with van der Waals surface area (Å²) in [6.07, 6.45) is 8.81. The van der Waals surface area contributed by atoms with Gasteiger partial charge in [-0.15, -0.1) is 0 Å². The van der Waals surface area contributed by atoms with E-state index in [1.165, 1.54) is 44.6 Å². The first-order valence-electron chi connectivity index (χ1n) is 9.28. The molecule has 1 saturated carbocycles. The van der Waals surface area contributed by atoms with Crippen LogP contribution in [0.15, 0.2) is 28.1 Å². The van der Waals surface area contributed by atoms with E-state index in [1.807, 2.05) is 17.9 Å². The molecule has 1 aliphatic heterocycles. The number of benzene rings is 1. The number of nitrogens with zero attached hydrogens (tertiary/aromatic N) is 2. The summed E-state index contributed by atoms with van der Waals surface area (Å²) in [7, 11) is 1.52. The van der Waals surface area contributed by atoms with Crippen LogP contribution in [0.1, 0.15) is 51.0 Å². The van der Waals surface area contributed by atoms with Crippen molar-refractivity contribution >= 4 is 28.9 Å². The molecule has 0 atom stereocenters. The largest absolute Gasteiger partial charge is 0.504 e. The summed E-state index contributed by atoms with van der Waals surface area (Å²) in [6, 6.07) is 5.35. The molecule has 26 heavy (non-hydrogen) atoms. The van der Waals surface area contributed by atoms with E-state index in [0.29, 0.717) is 17.2 Å². The Kier molecular flexibility index (Phi) is 6.25. The van der Waals surface area contributed by atoms with Gasteiger partial charge in [-0.05, 0) is 55.3 Å². The lowest BCUT2D eigenvalue weighted by Crippen LogP contribution is -2.39. The van der Waals surface area contributed by atoms with E-state index in [4.69, 9.17) is 4.74 Å². The third kappa shape index (κ3) is 4.06. The Morgan fingerprint density at radius 3 is 2.69 bits per heavy atom. The smallest absolute Gasteiger partial charge is 0.266 e. The Morgan fingerprint density at radius 2 is 2.04 bits per heavy atom. The number of phenols is 1. The number of amidine groups is 1. The number of carbonyl (C=O) groups is 1. The van der Waals surface area contributed by atoms with Crippen LogP contribution in [-0.4, -0.2) is 40.8 Å². The molecule has 1 heterocycles. The number of aliphatic imine (C=N–C) groups is 1. The van der Waals surface area contributed by atoms with Crippen molar-refractivity contribution in [2.75, 3.05) is 13.7 Å². The molecule has 1 saturated heterocycles. The first-order chi connectivity index (χ1) is 12.6. The Hall–Kier alpha value is -1.95. The number of ether oxygens (including phenoxy) is 1. The summed E-state index contributed by atoms with van der Waals surface area (Å²) < 4.78 is 5.16. The summed E-state index contributed by atoms with van der Waals surface area (Å²) in [5.41, 5.74) is 0.828. The van der Waals surface area contributed by atoms with Gasteiger partial charge in [0.25, 0.3) is 5.91 Å². The number of aromatic hydroxyl groups is 1. The van der Waals surface area contributed by atoms with E-state index in [-0.39, 0.29) is 17.7 Å². The van der Waals surface area contributed by atoms with Gasteiger partial charge in [-0.3, -0.25) is 14.7 Å². The minimum Gasteiger partial charge on any atom is -0.504 e. The summed E-state index contributed by atoms with van der Waals surface area (Å²) in [4.78, 5) is 20.3. The molecule has 0 spiro atoms. The lowest BCUT2D eigenvalue weighted by Gasteiger charge is -2.26. The Labute approximate surface area is 159 Å². The van der Waals surface area contributed by atoms with Crippen molar-refractivity contribution < 1.29 is 14.6 Å². The third-order valence-electron chi connectivity index (χ3n) is 4.82. The molecule has 1 aliphatic carbocycles. The fraction of sp³-hybridized carbons (Fsp3) is 0.500. The summed E-state index contributed by atoms with van der Waals surface area (Å²) in [6.45, 7) is 2.66. The van der Waals surface area contributed by atoms with Crippen LogP contribution in [0.25, 0.3) is 6.08 Å². The van der Waals surface area contributed by atoms with Crippen LogP contribution < -0.4 is 4.74 Å². The lowest BCUT2D eigenvalue weighted by atomic mass is 10.1. The van der Waals surface area contributed by atoms with E-state index >= 15 is 0 Å². The number of methoxy groups -OCH3 is 1. The van der Waals surface area contributed by atoms with E-state index in [1.54, 1.807) is 18.2 Å². The van der Waals surface area contributed by atoms with Crippen molar-refractivity contribution in [2.45, 2.75) is 51.5 Å². The summed E-state index contributed by atoms with van der Waals surface area (Å²) in [5.74, 6) is 0.535. The highest BCUT2D eigenvalue weighted by atomic mass is 32.2. The second kappa shape index (κ2) is 8.62. The number of thioether (sulfide) groups is 1. The molecule has 1 aromatic rings. The molecule has 1 N–H and O–H groups in total. The van der Waals surface area contributed by atoms with Crippen LogP contribution >= 0.6 is 11.8 Å². The lowest BCUT2D eigenvalue weighted by molar-refractivity contribution is -0.123. The number of carbonyl (C=O) groups excluding carboxylic acids is 1. The number of amides is 1. The standard InChI is InChI=1S/C20H26N2O3S/c1-3-21-20-22(15-8-6-4-5-7-9-15)19(24)18(26-20)13-14-10-11-16(23)17(12-14)25-2/h10-13,15,23H,3-9H2,1-2H3. The van der Waals surface area contributed by atoms with Gasteiger partial charge >= 0.3 is 0 Å². The second-order valence-electron chi connectivity index (χ2n) is 6.62. The van der Waals surface area contributed by atoms with Gasteiger partial charge in [-0.1, -0.05) is 31.7 Å². The van der Waals surface area contributed by atoms with Crippen LogP contribution in [0.3, 0.4) is 0 Å². The molecule has 5 nitrogen and oxygen atoms in total. The zero-order chi connectivity index (χ0) is 18.5. The highest BCUT2D eigenvalue weighted by molar-refractivity contribution is 8.18. The van der Waals surface area contributed by atoms with Gasteiger partial charge in [-0.25, -0.2) is 0 Å². The van der Waals surface area contributed by atoms with E-state index in [2.05, 4.69) is 4.99 Å². The molecule has 0 radical (unpaired) electrons. The molecule has 1 aromatic carbocycles. The average Bonchev–Trinajstić information content (AvgIpc) is 2.82. The van der Waals surface area contributed by atoms with Gasteiger partial charge in [-0.2, -0.15) is 0 Å². The van der Waals surface area contributed by atoms with Gasteiger partial charge in [0.15, 0.2) is 16.7 Å². The first kappa shape index (κ1) is 18.8. The second-order valence-corrected chi connectivity index (χ2v) is 7.63. The van der Waals surface area contributed by atoms with E-state index < -0.39 is 0 Å². The van der Waals surface area contributed by atoms with Crippen molar-refractivity contribution in [1.82, 2.24) is 4.90 Å². The van der Waals surface area contributed by atoms with Crippen LogP contribution in [0.5, 0.6) is 11.5 Å². The molecule has 3 rings (SSSR count). The maximum Gasteiger partial charge on any atom is 0.266 e. The Balaban J connectivity index is 1.89. The maximum absolute atomic E-state index is 13.1. The van der Waals surface area contributed by atoms with Crippen molar-refractivity contribution in [1.29, 1.82) is 0 Å². The zero-order valence-electron chi connectivity index (χ0n) is 15.4. The van der Waals surface area contributed by atoms with Crippen molar-refractivity contribution in [3.05, 3.63) is 28.7 Å². The van der Waals surface area contributed by atoms with Gasteiger partial charge in [0.2, 0.25) is 0 Å². The molecule has 0 unspecified atom stereocenters. The summed E-state index contributed by atoms with van der Waals surface area (Å²) in [5, 5.41) is 10.6. The third-order valence-corrected chi connectivity index (χ3v) is 5.84. The molecule has 1 amide bonds. The minimum absolute atomic E-state index is 0.0427. The molecule has 2 aliphatic rings. The number of hydrogen-bond acceptors (Lipinski definition) is 5. The zero-order valence-corrected chi connectivity index (χ0v) is 16.2. The molecule has 0 aromatic heterocycles. The normalized spacial score (nSPS) is 22.2. The topological polar surface area (TPSA) is 62.1 Å². The monoisotopic (exact) mass is 374 g/mol. The predicted molar refractivity (Wildman–Crippen MR) is 107 cm³/mol. The highest BCUT2D eigenvalue weighted by Gasteiger charge is 2.38. The average molecular weight is 375 g/mol. The molecule has 0 bridgehead atoms. The number of phenolic OH excluding ortho intramolecular Hbond substituents is 1. The Bertz CT molecular complexity index is 722. The first-order valence-corrected chi connectivity index (χ1v) is 10.1. The van der Waals surface area contributed by atoms with Gasteiger partial charge < -0.3 is 9.84 Å². The van der Waals surface area contributed by atoms with Gasteiger partial charge in [0.1, 0.15) is 0 Å². The molecule has 2 fully saturated rings. The molecule has 140 valence electrons. The highest BCUT2D eigenvalue weighted by Crippen LogP contribution is 2.37.